The molecule has 0 bridgehead atoms. The lowest BCUT2D eigenvalue weighted by Gasteiger charge is -2.43. The molecule has 1 unspecified atom stereocenters. The summed E-state index contributed by atoms with van der Waals surface area (Å²) in [5.74, 6) is -0.0596. The minimum Gasteiger partial charge on any atom is -0.508 e. The highest BCUT2D eigenvalue weighted by Crippen LogP contribution is 2.48. The smallest absolute Gasteiger partial charge is 0.232 e. The van der Waals surface area contributed by atoms with Gasteiger partial charge in [-0.05, 0) is 53.8 Å². The largest absolute Gasteiger partial charge is 0.508 e. The van der Waals surface area contributed by atoms with Crippen LogP contribution in [0.25, 0.3) is 0 Å². The number of nitrogens with zero attached hydrogens (tertiary/aromatic N) is 1. The number of benzene rings is 2. The molecule has 1 aliphatic carbocycles. The number of Topliss-reactive ketones (excluding diaryl/α,β-unsaturated/α-hetero) is 1. The van der Waals surface area contributed by atoms with E-state index in [1.807, 2.05) is 12.1 Å². The maximum Gasteiger partial charge on any atom is 0.232 e. The van der Waals surface area contributed by atoms with E-state index in [0.717, 1.165) is 16.8 Å². The van der Waals surface area contributed by atoms with Crippen molar-refractivity contribution in [2.45, 2.75) is 39.0 Å². The van der Waals surface area contributed by atoms with E-state index >= 15 is 0 Å². The van der Waals surface area contributed by atoms with Gasteiger partial charge in [-0.2, -0.15) is 0 Å². The fourth-order valence-electron chi connectivity index (χ4n) is 4.30. The summed E-state index contributed by atoms with van der Waals surface area (Å²) in [5, 5.41) is 10.2. The number of phenols is 1. The number of amides is 1. The zero-order valence-electron chi connectivity index (χ0n) is 15.9. The highest BCUT2D eigenvalue weighted by Gasteiger charge is 2.44. The lowest BCUT2D eigenvalue weighted by molar-refractivity contribution is -0.121. The summed E-state index contributed by atoms with van der Waals surface area (Å²) >= 11 is 6.02. The Hall–Kier alpha value is -2.59. The number of allylic oxidation sites excluding steroid dienone is 2. The second-order valence-electron chi connectivity index (χ2n) is 8.36. The maximum absolute atomic E-state index is 13.2. The van der Waals surface area contributed by atoms with Crippen molar-refractivity contribution in [3.63, 3.8) is 0 Å². The Morgan fingerprint density at radius 3 is 2.29 bits per heavy atom. The van der Waals surface area contributed by atoms with Gasteiger partial charge in [0.15, 0.2) is 5.78 Å². The van der Waals surface area contributed by atoms with Crippen molar-refractivity contribution in [2.24, 2.45) is 5.41 Å². The van der Waals surface area contributed by atoms with Gasteiger partial charge in [0.05, 0.1) is 0 Å². The molecule has 5 heteroatoms. The Balaban J connectivity index is 1.88. The second kappa shape index (κ2) is 6.78. The third-order valence-electron chi connectivity index (χ3n) is 5.52. The first-order valence-electron chi connectivity index (χ1n) is 9.39. The summed E-state index contributed by atoms with van der Waals surface area (Å²) in [7, 11) is 0. The van der Waals surface area contributed by atoms with E-state index in [-0.39, 0.29) is 35.2 Å². The minimum absolute atomic E-state index is 0.0464. The number of ketones is 1. The fourth-order valence-corrected chi connectivity index (χ4v) is 4.42. The van der Waals surface area contributed by atoms with Crippen molar-refractivity contribution in [2.75, 3.05) is 4.90 Å². The van der Waals surface area contributed by atoms with Gasteiger partial charge in [-0.25, -0.2) is 0 Å². The predicted octanol–water partition coefficient (Wildman–Crippen LogP) is 5.21. The number of phenolic OH excluding ortho intramolecular Hbond substituents is 1. The molecule has 1 atom stereocenters. The highest BCUT2D eigenvalue weighted by molar-refractivity contribution is 6.30. The minimum atomic E-state index is -0.253. The molecular weight excluding hydrogens is 374 g/mol. The van der Waals surface area contributed by atoms with Gasteiger partial charge in [0.2, 0.25) is 5.91 Å². The Morgan fingerprint density at radius 1 is 1.00 bits per heavy atom. The van der Waals surface area contributed by atoms with Crippen molar-refractivity contribution < 1.29 is 14.7 Å². The summed E-state index contributed by atoms with van der Waals surface area (Å²) in [5.41, 5.74) is 2.91. The van der Waals surface area contributed by atoms with E-state index in [0.29, 0.717) is 23.6 Å². The number of halogens is 1. The van der Waals surface area contributed by atoms with Crippen LogP contribution in [0.4, 0.5) is 5.69 Å². The SMILES string of the molecule is CC1(C)CC(=O)C2=C(C1)N(c1ccc(O)cc1)C(=O)CC2c1ccc(Cl)cc1. The van der Waals surface area contributed by atoms with Crippen molar-refractivity contribution in [1.82, 2.24) is 0 Å². The van der Waals surface area contributed by atoms with Gasteiger partial charge >= 0.3 is 0 Å². The van der Waals surface area contributed by atoms with Gasteiger partial charge in [0, 0.05) is 40.7 Å². The molecule has 0 saturated carbocycles. The van der Waals surface area contributed by atoms with Gasteiger partial charge in [-0.15, -0.1) is 0 Å². The van der Waals surface area contributed by atoms with Crippen LogP contribution in [0.15, 0.2) is 59.8 Å². The molecule has 0 spiro atoms. The number of carbonyl (C=O) groups is 2. The van der Waals surface area contributed by atoms with Gasteiger partial charge in [-0.3, -0.25) is 14.5 Å². The van der Waals surface area contributed by atoms with E-state index in [1.165, 1.54) is 0 Å². The molecule has 0 aromatic heterocycles. The molecule has 2 aromatic carbocycles. The van der Waals surface area contributed by atoms with E-state index < -0.39 is 0 Å². The summed E-state index contributed by atoms with van der Waals surface area (Å²) in [6.07, 6.45) is 1.34. The average molecular weight is 396 g/mol. The molecule has 1 aliphatic heterocycles. The van der Waals surface area contributed by atoms with Crippen LogP contribution in [-0.4, -0.2) is 16.8 Å². The van der Waals surface area contributed by atoms with Crippen LogP contribution in [-0.2, 0) is 9.59 Å². The Bertz CT molecular complexity index is 974. The summed E-state index contributed by atoms with van der Waals surface area (Å²) in [4.78, 5) is 28.0. The zero-order chi connectivity index (χ0) is 20.1. The quantitative estimate of drug-likeness (QED) is 0.759. The van der Waals surface area contributed by atoms with Crippen LogP contribution in [0.2, 0.25) is 5.02 Å². The molecule has 2 aliphatic rings. The molecule has 4 nitrogen and oxygen atoms in total. The van der Waals surface area contributed by atoms with Crippen LogP contribution in [0.1, 0.15) is 44.6 Å². The first-order chi connectivity index (χ1) is 13.2. The third kappa shape index (κ3) is 3.33. The molecule has 2 aromatic rings. The number of hydrogen-bond acceptors (Lipinski definition) is 3. The molecule has 0 saturated heterocycles. The van der Waals surface area contributed by atoms with Crippen molar-refractivity contribution in [3.05, 3.63) is 70.4 Å². The summed E-state index contributed by atoms with van der Waals surface area (Å²) in [6, 6.07) is 13.9. The van der Waals surface area contributed by atoms with Crippen molar-refractivity contribution in [1.29, 1.82) is 0 Å². The first-order valence-corrected chi connectivity index (χ1v) is 9.77. The highest BCUT2D eigenvalue weighted by atomic mass is 35.5. The number of aromatic hydroxyl groups is 1. The molecule has 28 heavy (non-hydrogen) atoms. The summed E-state index contributed by atoms with van der Waals surface area (Å²) < 4.78 is 0. The van der Waals surface area contributed by atoms with Crippen LogP contribution >= 0.6 is 11.6 Å². The Labute approximate surface area is 169 Å². The topological polar surface area (TPSA) is 57.6 Å². The van der Waals surface area contributed by atoms with Gasteiger partial charge < -0.3 is 5.11 Å². The zero-order valence-corrected chi connectivity index (χ0v) is 16.7. The van der Waals surface area contributed by atoms with Crippen molar-refractivity contribution >= 4 is 29.0 Å². The number of rotatable bonds is 2. The van der Waals surface area contributed by atoms with Crippen LogP contribution in [0.5, 0.6) is 5.75 Å². The first kappa shape index (κ1) is 18.8. The molecule has 144 valence electrons. The molecule has 4 rings (SSSR count). The number of anilines is 1. The maximum atomic E-state index is 13.2. The van der Waals surface area contributed by atoms with E-state index in [1.54, 1.807) is 41.3 Å². The lowest BCUT2D eigenvalue weighted by Crippen LogP contribution is -2.43. The normalized spacial score (nSPS) is 21.7. The average Bonchev–Trinajstić information content (AvgIpc) is 2.62. The second-order valence-corrected chi connectivity index (χ2v) is 8.79. The van der Waals surface area contributed by atoms with Crippen LogP contribution < -0.4 is 4.90 Å². The molecular formula is C23H22ClNO3. The molecule has 1 N–H and O–H groups in total. The van der Waals surface area contributed by atoms with Gasteiger partial charge in [-0.1, -0.05) is 37.6 Å². The van der Waals surface area contributed by atoms with Gasteiger partial charge in [0.25, 0.3) is 0 Å². The van der Waals surface area contributed by atoms with Crippen LogP contribution in [0.3, 0.4) is 0 Å². The van der Waals surface area contributed by atoms with E-state index in [4.69, 9.17) is 11.6 Å². The molecule has 0 fully saturated rings. The fraction of sp³-hybridized carbons (Fsp3) is 0.304. The van der Waals surface area contributed by atoms with Gasteiger partial charge in [0.1, 0.15) is 5.75 Å². The van der Waals surface area contributed by atoms with Crippen molar-refractivity contribution in [3.8, 4) is 5.75 Å². The number of carbonyl (C=O) groups excluding carboxylic acids is 2. The lowest BCUT2D eigenvalue weighted by atomic mass is 9.69. The Kier molecular flexibility index (Phi) is 4.54. The molecule has 1 heterocycles. The number of hydrogen-bond donors (Lipinski definition) is 1. The standard InChI is InChI=1S/C23H22ClNO3/c1-23(2)12-19-22(20(27)13-23)18(14-3-5-15(24)6-4-14)11-21(28)25(19)16-7-9-17(26)10-8-16/h3-10,18,26H,11-13H2,1-2H3. The molecule has 1 amide bonds. The van der Waals surface area contributed by atoms with E-state index in [9.17, 15) is 14.7 Å². The predicted molar refractivity (Wildman–Crippen MR) is 109 cm³/mol. The third-order valence-corrected chi connectivity index (χ3v) is 5.78. The monoisotopic (exact) mass is 395 g/mol. The van der Waals surface area contributed by atoms with E-state index in [2.05, 4.69) is 13.8 Å². The van der Waals surface area contributed by atoms with Crippen LogP contribution in [0, 0.1) is 5.41 Å². The summed E-state index contributed by atoms with van der Waals surface area (Å²) in [6.45, 7) is 4.11. The Morgan fingerprint density at radius 2 is 1.64 bits per heavy atom. The molecule has 0 radical (unpaired) electrons.